The van der Waals surface area contributed by atoms with Crippen LogP contribution in [0.5, 0.6) is 5.88 Å². The molecule has 216 valence electrons. The molecule has 2 aliphatic heterocycles. The van der Waals surface area contributed by atoms with E-state index in [1.165, 1.54) is 31.1 Å². The first-order chi connectivity index (χ1) is 18.3. The smallest absolute Gasteiger partial charge is 0.410 e. The zero-order valence-electron chi connectivity index (χ0n) is 22.6. The number of hydrogen-bond acceptors (Lipinski definition) is 10. The van der Waals surface area contributed by atoms with Gasteiger partial charge in [0.15, 0.2) is 5.82 Å². The molecule has 3 heterocycles. The Balaban J connectivity index is 1.21. The van der Waals surface area contributed by atoms with Crippen molar-refractivity contribution in [1.82, 2.24) is 19.2 Å². The van der Waals surface area contributed by atoms with E-state index >= 15 is 0 Å². The standard InChI is InChI=1S/C24H36N6O8S/c1-23(2,30(33)34)8-13-39(35,36)28-11-12-29(21(31)16-28)19-14-26-20(15-25-19)37-17-18-4-9-27(10-5-18)22(32)38-24(3)6-7-24/h14-15,18H,4-13,16-17H2,1-3H3. The highest BCUT2D eigenvalue weighted by atomic mass is 32.2. The Bertz CT molecular complexity index is 1180. The number of carbonyl (C=O) groups excluding carboxylic acids is 2. The number of rotatable bonds is 10. The Morgan fingerprint density at radius 1 is 1.18 bits per heavy atom. The Morgan fingerprint density at radius 3 is 2.44 bits per heavy atom. The minimum Gasteiger partial charge on any atom is -0.476 e. The number of nitrogens with zero attached hydrogens (tertiary/aromatic N) is 6. The summed E-state index contributed by atoms with van der Waals surface area (Å²) in [6, 6.07) is 0. The molecule has 0 spiro atoms. The highest BCUT2D eigenvalue weighted by Crippen LogP contribution is 2.39. The number of amides is 2. The summed E-state index contributed by atoms with van der Waals surface area (Å²) < 4.78 is 37.7. The molecule has 0 radical (unpaired) electrons. The summed E-state index contributed by atoms with van der Waals surface area (Å²) in [5, 5.41) is 11.1. The van der Waals surface area contributed by atoms with Crippen molar-refractivity contribution in [3.63, 3.8) is 0 Å². The van der Waals surface area contributed by atoms with E-state index in [4.69, 9.17) is 9.47 Å². The number of likely N-dealkylation sites (tertiary alicyclic amines) is 1. The molecule has 3 fully saturated rings. The van der Waals surface area contributed by atoms with Gasteiger partial charge in [-0.25, -0.2) is 23.2 Å². The normalized spacial score (nSPS) is 20.5. The SMILES string of the molecule is CC1(OC(=O)N2CCC(COc3cnc(N4CCN(S(=O)(=O)CCC(C)(C)[N+](=O)[O-])CC4=O)cn3)CC2)CC1. The quantitative estimate of drug-likeness (QED) is 0.299. The van der Waals surface area contributed by atoms with E-state index < -0.39 is 32.1 Å². The van der Waals surface area contributed by atoms with Crippen molar-refractivity contribution in [2.45, 2.75) is 64.0 Å². The number of piperazine rings is 1. The number of anilines is 1. The highest BCUT2D eigenvalue weighted by Gasteiger charge is 2.43. The van der Waals surface area contributed by atoms with E-state index in [9.17, 15) is 28.1 Å². The minimum absolute atomic E-state index is 0.0539. The first-order valence-electron chi connectivity index (χ1n) is 13.1. The third-order valence-electron chi connectivity index (χ3n) is 7.56. The lowest BCUT2D eigenvalue weighted by Gasteiger charge is -2.33. The third kappa shape index (κ3) is 7.32. The predicted octanol–water partition coefficient (Wildman–Crippen LogP) is 1.68. The lowest BCUT2D eigenvalue weighted by molar-refractivity contribution is -0.560. The van der Waals surface area contributed by atoms with Gasteiger partial charge in [0, 0.05) is 51.4 Å². The molecule has 14 nitrogen and oxygen atoms in total. The number of ether oxygens (including phenoxy) is 2. The molecule has 1 aromatic rings. The van der Waals surface area contributed by atoms with Crippen LogP contribution in [0.3, 0.4) is 0 Å². The molecule has 1 saturated carbocycles. The second-order valence-corrected chi connectivity index (χ2v) is 13.4. The van der Waals surface area contributed by atoms with Crippen LogP contribution in [-0.4, -0.2) is 101 Å². The maximum Gasteiger partial charge on any atom is 0.410 e. The molecule has 3 aliphatic rings. The monoisotopic (exact) mass is 568 g/mol. The van der Waals surface area contributed by atoms with E-state index in [-0.39, 0.29) is 49.5 Å². The van der Waals surface area contributed by atoms with Crippen molar-refractivity contribution in [2.24, 2.45) is 5.92 Å². The van der Waals surface area contributed by atoms with Crippen LogP contribution in [0.1, 0.15) is 52.9 Å². The highest BCUT2D eigenvalue weighted by molar-refractivity contribution is 7.89. The molecular weight excluding hydrogens is 532 g/mol. The summed E-state index contributed by atoms with van der Waals surface area (Å²) in [5.74, 6) is -0.0101. The number of nitro groups is 1. The van der Waals surface area contributed by atoms with Crippen LogP contribution < -0.4 is 9.64 Å². The largest absolute Gasteiger partial charge is 0.476 e. The summed E-state index contributed by atoms with van der Waals surface area (Å²) in [7, 11) is -3.83. The molecule has 1 aliphatic carbocycles. The van der Waals surface area contributed by atoms with Crippen molar-refractivity contribution in [1.29, 1.82) is 0 Å². The van der Waals surface area contributed by atoms with E-state index in [2.05, 4.69) is 9.97 Å². The summed E-state index contributed by atoms with van der Waals surface area (Å²) in [6.07, 6.45) is 5.85. The second-order valence-electron chi connectivity index (χ2n) is 11.3. The second kappa shape index (κ2) is 11.2. The number of aromatic nitrogens is 2. The summed E-state index contributed by atoms with van der Waals surface area (Å²) in [4.78, 5) is 47.2. The van der Waals surface area contributed by atoms with Crippen LogP contribution in [0, 0.1) is 16.0 Å². The average Bonchev–Trinajstić information content (AvgIpc) is 3.63. The number of sulfonamides is 1. The van der Waals surface area contributed by atoms with Gasteiger partial charge in [-0.2, -0.15) is 4.31 Å². The van der Waals surface area contributed by atoms with E-state index in [0.717, 1.165) is 30.0 Å². The topological polar surface area (TPSA) is 165 Å². The maximum absolute atomic E-state index is 12.7. The van der Waals surface area contributed by atoms with Gasteiger partial charge in [0.1, 0.15) is 5.60 Å². The number of piperidine rings is 1. The van der Waals surface area contributed by atoms with Crippen molar-refractivity contribution in [3.8, 4) is 5.88 Å². The molecular formula is C24H36N6O8S. The third-order valence-corrected chi connectivity index (χ3v) is 9.38. The maximum atomic E-state index is 12.7. The first-order valence-corrected chi connectivity index (χ1v) is 14.7. The molecule has 0 atom stereocenters. The molecule has 39 heavy (non-hydrogen) atoms. The molecule has 0 N–H and O–H groups in total. The van der Waals surface area contributed by atoms with Crippen molar-refractivity contribution in [3.05, 3.63) is 22.5 Å². The van der Waals surface area contributed by atoms with Crippen LogP contribution in [0.4, 0.5) is 10.6 Å². The van der Waals surface area contributed by atoms with Gasteiger partial charge in [-0.3, -0.25) is 19.8 Å². The van der Waals surface area contributed by atoms with Crippen molar-refractivity contribution >= 4 is 27.8 Å². The summed E-state index contributed by atoms with van der Waals surface area (Å²) in [5.41, 5.74) is -1.66. The first kappa shape index (κ1) is 28.9. The lowest BCUT2D eigenvalue weighted by Crippen LogP contribution is -2.53. The van der Waals surface area contributed by atoms with E-state index in [0.29, 0.717) is 25.6 Å². The fourth-order valence-electron chi connectivity index (χ4n) is 4.29. The van der Waals surface area contributed by atoms with Gasteiger partial charge in [0.25, 0.3) is 0 Å². The van der Waals surface area contributed by atoms with Crippen LogP contribution in [0.25, 0.3) is 0 Å². The lowest BCUT2D eigenvalue weighted by atomic mass is 9.98. The molecule has 2 amide bonds. The van der Waals surface area contributed by atoms with Crippen LogP contribution in [0.2, 0.25) is 0 Å². The van der Waals surface area contributed by atoms with E-state index in [1.54, 1.807) is 4.90 Å². The molecule has 15 heteroatoms. The molecule has 0 bridgehead atoms. The molecule has 4 rings (SSSR count). The zero-order chi connectivity index (χ0) is 28.4. The van der Waals surface area contributed by atoms with Gasteiger partial charge in [-0.1, -0.05) is 0 Å². The molecule has 2 saturated heterocycles. The summed E-state index contributed by atoms with van der Waals surface area (Å²) in [6.45, 7) is 6.12. The van der Waals surface area contributed by atoms with Gasteiger partial charge in [-0.05, 0) is 38.5 Å². The zero-order valence-corrected chi connectivity index (χ0v) is 23.4. The Hall–Kier alpha value is -3.07. The number of hydrogen-bond donors (Lipinski definition) is 0. The Labute approximate surface area is 227 Å². The van der Waals surface area contributed by atoms with Crippen LogP contribution in [0.15, 0.2) is 12.4 Å². The van der Waals surface area contributed by atoms with Gasteiger partial charge in [0.05, 0.1) is 31.3 Å². The van der Waals surface area contributed by atoms with Gasteiger partial charge < -0.3 is 14.4 Å². The van der Waals surface area contributed by atoms with E-state index in [1.807, 2.05) is 6.92 Å². The molecule has 0 aromatic carbocycles. The Morgan fingerprint density at radius 2 is 1.87 bits per heavy atom. The number of carbonyl (C=O) groups is 2. The predicted molar refractivity (Wildman–Crippen MR) is 139 cm³/mol. The minimum atomic E-state index is -3.83. The average molecular weight is 569 g/mol. The van der Waals surface area contributed by atoms with Crippen molar-refractivity contribution in [2.75, 3.05) is 50.0 Å². The van der Waals surface area contributed by atoms with Gasteiger partial charge >= 0.3 is 6.09 Å². The van der Waals surface area contributed by atoms with Gasteiger partial charge in [-0.15, -0.1) is 0 Å². The Kier molecular flexibility index (Phi) is 8.30. The fourth-order valence-corrected chi connectivity index (χ4v) is 5.98. The van der Waals surface area contributed by atoms with Crippen LogP contribution >= 0.6 is 0 Å². The molecule has 1 aromatic heterocycles. The van der Waals surface area contributed by atoms with Crippen molar-refractivity contribution < 1.29 is 32.4 Å². The van der Waals surface area contributed by atoms with Gasteiger partial charge in [0.2, 0.25) is 27.3 Å². The van der Waals surface area contributed by atoms with Crippen LogP contribution in [-0.2, 0) is 19.6 Å². The molecule has 0 unspecified atom stereocenters. The fraction of sp³-hybridized carbons (Fsp3) is 0.750. The summed E-state index contributed by atoms with van der Waals surface area (Å²) >= 11 is 0.